The fraction of sp³-hybridized carbons (Fsp3) is 0.200. The summed E-state index contributed by atoms with van der Waals surface area (Å²) in [6, 6.07) is 10.5. The highest BCUT2D eigenvalue weighted by Crippen LogP contribution is 2.28. The highest BCUT2D eigenvalue weighted by molar-refractivity contribution is 6.30. The molecule has 0 fully saturated rings. The zero-order valence-corrected chi connectivity index (χ0v) is 11.6. The standard InChI is InChI=1S/C15H13ClN2O2/c1-10(19)14-7-12(16)2-3-15(14)20-9-11-4-5-18-13(6-11)8-17/h2-7,10,19H,9H2,1H3/t10-/m0/s1. The third-order valence-corrected chi connectivity index (χ3v) is 2.99. The molecule has 0 aliphatic carbocycles. The van der Waals surface area contributed by atoms with Gasteiger partial charge in [-0.3, -0.25) is 0 Å². The van der Waals surface area contributed by atoms with Crippen molar-refractivity contribution in [3.05, 3.63) is 58.4 Å². The molecule has 1 N–H and O–H groups in total. The molecule has 102 valence electrons. The van der Waals surface area contributed by atoms with Crippen LogP contribution in [0.25, 0.3) is 0 Å². The van der Waals surface area contributed by atoms with E-state index in [2.05, 4.69) is 4.98 Å². The van der Waals surface area contributed by atoms with Gasteiger partial charge in [0, 0.05) is 16.8 Å². The first-order valence-corrected chi connectivity index (χ1v) is 6.43. The van der Waals surface area contributed by atoms with Gasteiger partial charge in [0.25, 0.3) is 0 Å². The van der Waals surface area contributed by atoms with E-state index >= 15 is 0 Å². The van der Waals surface area contributed by atoms with Crippen molar-refractivity contribution in [1.82, 2.24) is 4.98 Å². The Hall–Kier alpha value is -2.09. The third kappa shape index (κ3) is 3.47. The summed E-state index contributed by atoms with van der Waals surface area (Å²) < 4.78 is 5.68. The van der Waals surface area contributed by atoms with Gasteiger partial charge in [0.1, 0.15) is 24.1 Å². The lowest BCUT2D eigenvalue weighted by molar-refractivity contribution is 0.190. The first-order valence-electron chi connectivity index (χ1n) is 6.05. The topological polar surface area (TPSA) is 66.1 Å². The Morgan fingerprint density at radius 1 is 1.40 bits per heavy atom. The maximum atomic E-state index is 9.72. The van der Waals surface area contributed by atoms with E-state index in [1.54, 1.807) is 43.5 Å². The Bertz CT molecular complexity index is 651. The molecule has 0 saturated heterocycles. The van der Waals surface area contributed by atoms with E-state index in [1.807, 2.05) is 6.07 Å². The van der Waals surface area contributed by atoms with Crippen molar-refractivity contribution >= 4 is 11.6 Å². The van der Waals surface area contributed by atoms with Crippen molar-refractivity contribution in [1.29, 1.82) is 5.26 Å². The first-order chi connectivity index (χ1) is 9.60. The predicted molar refractivity (Wildman–Crippen MR) is 75.4 cm³/mol. The molecule has 1 aromatic carbocycles. The highest BCUT2D eigenvalue weighted by atomic mass is 35.5. The summed E-state index contributed by atoms with van der Waals surface area (Å²) in [5.41, 5.74) is 1.81. The van der Waals surface area contributed by atoms with Crippen LogP contribution < -0.4 is 4.74 Å². The van der Waals surface area contributed by atoms with Gasteiger partial charge in [-0.2, -0.15) is 5.26 Å². The van der Waals surface area contributed by atoms with Crippen molar-refractivity contribution < 1.29 is 9.84 Å². The number of aliphatic hydroxyl groups is 1. The summed E-state index contributed by atoms with van der Waals surface area (Å²) in [7, 11) is 0. The Balaban J connectivity index is 2.16. The quantitative estimate of drug-likeness (QED) is 0.938. The van der Waals surface area contributed by atoms with E-state index in [1.165, 1.54) is 0 Å². The normalized spacial score (nSPS) is 11.7. The van der Waals surface area contributed by atoms with Crippen LogP contribution in [0.4, 0.5) is 0 Å². The second kappa shape index (κ2) is 6.38. The second-order valence-electron chi connectivity index (χ2n) is 4.31. The van der Waals surface area contributed by atoms with Crippen molar-refractivity contribution in [2.75, 3.05) is 0 Å². The molecule has 4 nitrogen and oxygen atoms in total. The largest absolute Gasteiger partial charge is 0.489 e. The van der Waals surface area contributed by atoms with Crippen LogP contribution in [0.2, 0.25) is 5.02 Å². The first kappa shape index (κ1) is 14.3. The molecular weight excluding hydrogens is 276 g/mol. The van der Waals surface area contributed by atoms with E-state index in [-0.39, 0.29) is 0 Å². The fourth-order valence-corrected chi connectivity index (χ4v) is 1.94. The van der Waals surface area contributed by atoms with Crippen molar-refractivity contribution in [2.45, 2.75) is 19.6 Å². The van der Waals surface area contributed by atoms with Gasteiger partial charge < -0.3 is 9.84 Å². The SMILES string of the molecule is C[C@H](O)c1cc(Cl)ccc1OCc1ccnc(C#N)c1. The predicted octanol–water partition coefficient (Wildman–Crippen LogP) is 3.24. The molecule has 0 aliphatic heterocycles. The number of ether oxygens (including phenoxy) is 1. The number of benzene rings is 1. The van der Waals surface area contributed by atoms with Crippen molar-refractivity contribution in [2.24, 2.45) is 0 Å². The zero-order chi connectivity index (χ0) is 14.5. The van der Waals surface area contributed by atoms with Crippen molar-refractivity contribution in [3.8, 4) is 11.8 Å². The van der Waals surface area contributed by atoms with E-state index in [4.69, 9.17) is 21.6 Å². The van der Waals surface area contributed by atoms with Gasteiger partial charge in [-0.05, 0) is 42.8 Å². The molecular formula is C15H13ClN2O2. The monoisotopic (exact) mass is 288 g/mol. The smallest absolute Gasteiger partial charge is 0.140 e. The maximum Gasteiger partial charge on any atom is 0.140 e. The molecule has 0 saturated carbocycles. The average Bonchev–Trinajstić information content (AvgIpc) is 2.46. The minimum atomic E-state index is -0.671. The molecule has 2 rings (SSSR count). The fourth-order valence-electron chi connectivity index (χ4n) is 1.76. The van der Waals surface area contributed by atoms with E-state index in [0.717, 1.165) is 5.56 Å². The van der Waals surface area contributed by atoms with Crippen LogP contribution in [0, 0.1) is 11.3 Å². The number of aromatic nitrogens is 1. The van der Waals surface area contributed by atoms with Crippen LogP contribution in [0.5, 0.6) is 5.75 Å². The van der Waals surface area contributed by atoms with Crippen LogP contribution in [-0.4, -0.2) is 10.1 Å². The maximum absolute atomic E-state index is 9.72. The van der Waals surface area contributed by atoms with Gasteiger partial charge in [-0.15, -0.1) is 0 Å². The molecule has 1 atom stereocenters. The Labute approximate surface area is 122 Å². The number of aliphatic hydroxyl groups excluding tert-OH is 1. The minimum Gasteiger partial charge on any atom is -0.489 e. The number of nitrogens with zero attached hydrogens (tertiary/aromatic N) is 2. The number of nitriles is 1. The summed E-state index contributed by atoms with van der Waals surface area (Å²) >= 11 is 5.91. The average molecular weight is 289 g/mol. The molecule has 0 amide bonds. The van der Waals surface area contributed by atoms with E-state index in [9.17, 15) is 5.11 Å². The number of halogens is 1. The number of pyridine rings is 1. The van der Waals surface area contributed by atoms with Crippen LogP contribution in [-0.2, 0) is 6.61 Å². The van der Waals surface area contributed by atoms with Gasteiger partial charge in [-0.1, -0.05) is 11.6 Å². The lowest BCUT2D eigenvalue weighted by atomic mass is 10.1. The van der Waals surface area contributed by atoms with Crippen LogP contribution >= 0.6 is 11.6 Å². The van der Waals surface area contributed by atoms with Crippen LogP contribution in [0.15, 0.2) is 36.5 Å². The Kier molecular flexibility index (Phi) is 4.57. The lowest BCUT2D eigenvalue weighted by Gasteiger charge is -2.14. The molecule has 2 aromatic rings. The van der Waals surface area contributed by atoms with Gasteiger partial charge in [0.2, 0.25) is 0 Å². The van der Waals surface area contributed by atoms with Crippen LogP contribution in [0.3, 0.4) is 0 Å². The molecule has 0 aliphatic rings. The number of hydrogen-bond acceptors (Lipinski definition) is 4. The third-order valence-electron chi connectivity index (χ3n) is 2.76. The summed E-state index contributed by atoms with van der Waals surface area (Å²) in [6.07, 6.45) is 0.894. The van der Waals surface area contributed by atoms with Gasteiger partial charge in [-0.25, -0.2) is 4.98 Å². The molecule has 0 unspecified atom stereocenters. The molecule has 1 aromatic heterocycles. The highest BCUT2D eigenvalue weighted by Gasteiger charge is 2.10. The van der Waals surface area contributed by atoms with Crippen LogP contribution in [0.1, 0.15) is 29.8 Å². The molecule has 1 heterocycles. The van der Waals surface area contributed by atoms with Gasteiger partial charge in [0.05, 0.1) is 6.10 Å². The van der Waals surface area contributed by atoms with E-state index in [0.29, 0.717) is 28.6 Å². The lowest BCUT2D eigenvalue weighted by Crippen LogP contribution is -2.01. The minimum absolute atomic E-state index is 0.290. The second-order valence-corrected chi connectivity index (χ2v) is 4.74. The Morgan fingerprint density at radius 2 is 2.20 bits per heavy atom. The molecule has 0 radical (unpaired) electrons. The molecule has 0 spiro atoms. The molecule has 0 bridgehead atoms. The number of rotatable bonds is 4. The summed E-state index contributed by atoms with van der Waals surface area (Å²) in [5.74, 6) is 0.569. The van der Waals surface area contributed by atoms with E-state index < -0.39 is 6.10 Å². The molecule has 20 heavy (non-hydrogen) atoms. The summed E-state index contributed by atoms with van der Waals surface area (Å²) in [6.45, 7) is 1.94. The van der Waals surface area contributed by atoms with Gasteiger partial charge >= 0.3 is 0 Å². The zero-order valence-electron chi connectivity index (χ0n) is 10.9. The number of hydrogen-bond donors (Lipinski definition) is 1. The summed E-state index contributed by atoms with van der Waals surface area (Å²) in [4.78, 5) is 3.90. The van der Waals surface area contributed by atoms with Crippen molar-refractivity contribution in [3.63, 3.8) is 0 Å². The van der Waals surface area contributed by atoms with Gasteiger partial charge in [0.15, 0.2) is 0 Å². The Morgan fingerprint density at radius 3 is 2.90 bits per heavy atom. The summed E-state index contributed by atoms with van der Waals surface area (Å²) in [5, 5.41) is 19.1. The molecule has 5 heteroatoms.